The fourth-order valence-electron chi connectivity index (χ4n) is 2.08. The molecule has 0 saturated heterocycles. The van der Waals surface area contributed by atoms with Gasteiger partial charge < -0.3 is 25.6 Å². The number of aryl methyl sites for hydroxylation is 1. The highest BCUT2D eigenvalue weighted by Gasteiger charge is 2.06. The number of aliphatic hydroxyl groups excluding tert-OH is 1. The highest BCUT2D eigenvalue weighted by atomic mass is 16.5. The minimum atomic E-state index is -0.747. The van der Waals surface area contributed by atoms with Gasteiger partial charge >= 0.3 is 0 Å². The van der Waals surface area contributed by atoms with Gasteiger partial charge in [0.05, 0.1) is 19.3 Å². The number of ether oxygens (including phenoxy) is 2. The summed E-state index contributed by atoms with van der Waals surface area (Å²) in [5.74, 6) is 1.59. The van der Waals surface area contributed by atoms with E-state index in [9.17, 15) is 5.11 Å². The third-order valence-corrected chi connectivity index (χ3v) is 3.27. The average molecular weight is 329 g/mol. The summed E-state index contributed by atoms with van der Waals surface area (Å²) >= 11 is 0. The van der Waals surface area contributed by atoms with Crippen LogP contribution in [0.15, 0.2) is 53.5 Å². The maximum atomic E-state index is 9.96. The van der Waals surface area contributed by atoms with Crippen molar-refractivity contribution >= 4 is 11.6 Å². The van der Waals surface area contributed by atoms with Gasteiger partial charge in [0.2, 0.25) is 0 Å². The van der Waals surface area contributed by atoms with Crippen molar-refractivity contribution in [2.24, 2.45) is 10.7 Å². The van der Waals surface area contributed by atoms with Crippen molar-refractivity contribution in [3.8, 4) is 11.5 Å². The number of aliphatic hydroxyl groups is 1. The predicted molar refractivity (Wildman–Crippen MR) is 95.8 cm³/mol. The second kappa shape index (κ2) is 8.79. The second-order valence-electron chi connectivity index (χ2n) is 5.33. The molecule has 6 nitrogen and oxygen atoms in total. The lowest BCUT2D eigenvalue weighted by molar-refractivity contribution is 0.114. The minimum Gasteiger partial charge on any atom is -0.495 e. The van der Waals surface area contributed by atoms with E-state index in [1.165, 1.54) is 0 Å². The molecule has 0 radical (unpaired) electrons. The van der Waals surface area contributed by atoms with Crippen LogP contribution in [0, 0.1) is 6.92 Å². The smallest absolute Gasteiger partial charge is 0.193 e. The number of para-hydroxylation sites is 2. The van der Waals surface area contributed by atoms with Crippen LogP contribution in [0.3, 0.4) is 0 Å². The summed E-state index contributed by atoms with van der Waals surface area (Å²) in [5, 5.41) is 12.9. The standard InChI is InChI=1S/C18H23N3O3/c1-13-6-5-7-15(10-13)24-12-14(22)11-20-18(19)21-16-8-3-4-9-17(16)23-2/h3-10,14,22H,11-12H2,1-2H3,(H3,19,20,21). The molecule has 4 N–H and O–H groups in total. The molecule has 0 heterocycles. The Morgan fingerprint density at radius 2 is 2.04 bits per heavy atom. The molecule has 128 valence electrons. The van der Waals surface area contributed by atoms with Crippen molar-refractivity contribution in [1.29, 1.82) is 0 Å². The molecular formula is C18H23N3O3. The molecule has 0 spiro atoms. The molecule has 0 fully saturated rings. The van der Waals surface area contributed by atoms with Crippen molar-refractivity contribution in [3.63, 3.8) is 0 Å². The first-order chi connectivity index (χ1) is 11.6. The highest BCUT2D eigenvalue weighted by Crippen LogP contribution is 2.22. The Kier molecular flexibility index (Phi) is 6.45. The topological polar surface area (TPSA) is 89.1 Å². The van der Waals surface area contributed by atoms with Crippen molar-refractivity contribution in [3.05, 3.63) is 54.1 Å². The van der Waals surface area contributed by atoms with Gasteiger partial charge in [0.15, 0.2) is 5.96 Å². The number of anilines is 1. The first-order valence-corrected chi connectivity index (χ1v) is 7.66. The van der Waals surface area contributed by atoms with Gasteiger partial charge in [-0.15, -0.1) is 0 Å². The van der Waals surface area contributed by atoms with E-state index in [1.807, 2.05) is 55.5 Å². The van der Waals surface area contributed by atoms with Gasteiger partial charge in [-0.3, -0.25) is 4.99 Å². The Morgan fingerprint density at radius 3 is 2.79 bits per heavy atom. The second-order valence-corrected chi connectivity index (χ2v) is 5.33. The van der Waals surface area contributed by atoms with E-state index in [-0.39, 0.29) is 19.1 Å². The lowest BCUT2D eigenvalue weighted by atomic mass is 10.2. The molecule has 0 aliphatic carbocycles. The molecule has 0 aromatic heterocycles. The molecule has 2 aromatic rings. The van der Waals surface area contributed by atoms with Crippen LogP contribution in [0.1, 0.15) is 5.56 Å². The SMILES string of the molecule is COc1ccccc1NC(N)=NCC(O)COc1cccc(C)c1. The zero-order chi connectivity index (χ0) is 17.4. The monoisotopic (exact) mass is 329 g/mol. The molecule has 0 saturated carbocycles. The number of hydrogen-bond donors (Lipinski definition) is 3. The van der Waals surface area contributed by atoms with Crippen LogP contribution in [-0.4, -0.2) is 37.4 Å². The van der Waals surface area contributed by atoms with E-state index in [0.29, 0.717) is 11.4 Å². The molecule has 1 atom stereocenters. The summed E-state index contributed by atoms with van der Waals surface area (Å²) in [6.07, 6.45) is -0.747. The van der Waals surface area contributed by atoms with Gasteiger partial charge in [0.1, 0.15) is 24.2 Å². The van der Waals surface area contributed by atoms with Crippen LogP contribution in [-0.2, 0) is 0 Å². The molecule has 2 rings (SSSR count). The molecule has 0 bridgehead atoms. The van der Waals surface area contributed by atoms with Crippen molar-refractivity contribution in [2.75, 3.05) is 25.6 Å². The molecule has 6 heteroatoms. The fourth-order valence-corrected chi connectivity index (χ4v) is 2.08. The van der Waals surface area contributed by atoms with E-state index in [1.54, 1.807) is 7.11 Å². The van der Waals surface area contributed by atoms with Crippen LogP contribution < -0.4 is 20.5 Å². The van der Waals surface area contributed by atoms with Crippen LogP contribution >= 0.6 is 0 Å². The quantitative estimate of drug-likeness (QED) is 0.535. The third kappa shape index (κ3) is 5.48. The maximum Gasteiger partial charge on any atom is 0.193 e. The van der Waals surface area contributed by atoms with E-state index in [4.69, 9.17) is 15.2 Å². The van der Waals surface area contributed by atoms with Gasteiger partial charge in [0.25, 0.3) is 0 Å². The molecular weight excluding hydrogens is 306 g/mol. The predicted octanol–water partition coefficient (Wildman–Crippen LogP) is 2.17. The van der Waals surface area contributed by atoms with Gasteiger partial charge in [-0.05, 0) is 36.8 Å². The first kappa shape index (κ1) is 17.6. The maximum absolute atomic E-state index is 9.96. The van der Waals surface area contributed by atoms with Gasteiger partial charge in [-0.2, -0.15) is 0 Å². The number of benzene rings is 2. The van der Waals surface area contributed by atoms with Gasteiger partial charge in [-0.1, -0.05) is 24.3 Å². The first-order valence-electron chi connectivity index (χ1n) is 7.66. The number of nitrogens with zero attached hydrogens (tertiary/aromatic N) is 1. The van der Waals surface area contributed by atoms with Crippen LogP contribution in [0.4, 0.5) is 5.69 Å². The molecule has 2 aromatic carbocycles. The van der Waals surface area contributed by atoms with Crippen molar-refractivity contribution in [2.45, 2.75) is 13.0 Å². The summed E-state index contributed by atoms with van der Waals surface area (Å²) < 4.78 is 10.8. The highest BCUT2D eigenvalue weighted by molar-refractivity contribution is 5.93. The number of guanidine groups is 1. The number of nitrogens with one attached hydrogen (secondary N) is 1. The lowest BCUT2D eigenvalue weighted by Crippen LogP contribution is -2.27. The Morgan fingerprint density at radius 1 is 1.25 bits per heavy atom. The van der Waals surface area contributed by atoms with Crippen molar-refractivity contribution < 1.29 is 14.6 Å². The molecule has 24 heavy (non-hydrogen) atoms. The number of methoxy groups -OCH3 is 1. The summed E-state index contributed by atoms with van der Waals surface area (Å²) in [6, 6.07) is 15.0. The van der Waals surface area contributed by atoms with E-state index in [2.05, 4.69) is 10.3 Å². The summed E-state index contributed by atoms with van der Waals surface area (Å²) in [7, 11) is 1.58. The Labute approximate surface area is 141 Å². The summed E-state index contributed by atoms with van der Waals surface area (Å²) in [5.41, 5.74) is 7.65. The lowest BCUT2D eigenvalue weighted by Gasteiger charge is -2.12. The number of hydrogen-bond acceptors (Lipinski definition) is 4. The Hall–Kier alpha value is -2.73. The molecule has 0 aliphatic rings. The average Bonchev–Trinajstić information content (AvgIpc) is 2.58. The Bertz CT molecular complexity index is 689. The Balaban J connectivity index is 1.83. The van der Waals surface area contributed by atoms with E-state index < -0.39 is 6.10 Å². The minimum absolute atomic E-state index is 0.139. The zero-order valence-electron chi connectivity index (χ0n) is 13.9. The number of nitrogens with two attached hydrogens (primary N) is 1. The number of aliphatic imine (C=N–C) groups is 1. The van der Waals surface area contributed by atoms with Crippen LogP contribution in [0.2, 0.25) is 0 Å². The zero-order valence-corrected chi connectivity index (χ0v) is 13.9. The van der Waals surface area contributed by atoms with Crippen LogP contribution in [0.25, 0.3) is 0 Å². The third-order valence-electron chi connectivity index (χ3n) is 3.27. The van der Waals surface area contributed by atoms with Gasteiger partial charge in [0, 0.05) is 0 Å². The van der Waals surface area contributed by atoms with E-state index >= 15 is 0 Å². The normalized spacial score (nSPS) is 12.5. The fraction of sp³-hybridized carbons (Fsp3) is 0.278. The van der Waals surface area contributed by atoms with E-state index in [0.717, 1.165) is 11.3 Å². The van der Waals surface area contributed by atoms with Gasteiger partial charge in [-0.25, -0.2) is 0 Å². The molecule has 0 aliphatic heterocycles. The largest absolute Gasteiger partial charge is 0.495 e. The molecule has 0 amide bonds. The number of rotatable bonds is 7. The van der Waals surface area contributed by atoms with Crippen molar-refractivity contribution in [1.82, 2.24) is 0 Å². The summed E-state index contributed by atoms with van der Waals surface area (Å²) in [6.45, 7) is 2.27. The summed E-state index contributed by atoms with van der Waals surface area (Å²) in [4.78, 5) is 4.12. The van der Waals surface area contributed by atoms with Crippen LogP contribution in [0.5, 0.6) is 11.5 Å². The molecule has 1 unspecified atom stereocenters.